The van der Waals surface area contributed by atoms with Crippen molar-refractivity contribution in [3.63, 3.8) is 0 Å². The summed E-state index contributed by atoms with van der Waals surface area (Å²) in [5.74, 6) is -1.06. The van der Waals surface area contributed by atoms with Gasteiger partial charge in [-0.15, -0.1) is 0 Å². The maximum atomic E-state index is 11.2. The standard InChI is InChI=1S/C11H14N2O3/c1-8(10(14)15)13-11(16)12-7-9-5-3-2-4-6-9/h2-6,8H,7H2,1H3,(H,14,15)(H2,12,13,16)/t8-/m0/s1. The van der Waals surface area contributed by atoms with E-state index in [1.165, 1.54) is 6.92 Å². The molecule has 16 heavy (non-hydrogen) atoms. The van der Waals surface area contributed by atoms with Crippen LogP contribution in [0.15, 0.2) is 30.3 Å². The summed E-state index contributed by atoms with van der Waals surface area (Å²) in [6, 6.07) is 8.00. The van der Waals surface area contributed by atoms with Crippen molar-refractivity contribution in [2.45, 2.75) is 19.5 Å². The van der Waals surface area contributed by atoms with Crippen molar-refractivity contribution in [2.75, 3.05) is 0 Å². The Morgan fingerprint density at radius 2 is 1.94 bits per heavy atom. The van der Waals surface area contributed by atoms with Crippen LogP contribution in [0.5, 0.6) is 0 Å². The Morgan fingerprint density at radius 1 is 1.31 bits per heavy atom. The number of hydrogen-bond donors (Lipinski definition) is 3. The fourth-order valence-electron chi connectivity index (χ4n) is 1.09. The van der Waals surface area contributed by atoms with Crippen LogP contribution in [0, 0.1) is 0 Å². The highest BCUT2D eigenvalue weighted by Gasteiger charge is 2.12. The summed E-state index contributed by atoms with van der Waals surface area (Å²) in [5, 5.41) is 13.4. The molecule has 1 atom stereocenters. The Kier molecular flexibility index (Phi) is 4.32. The second-order valence-electron chi connectivity index (χ2n) is 3.37. The van der Waals surface area contributed by atoms with E-state index in [-0.39, 0.29) is 0 Å². The number of amides is 2. The quantitative estimate of drug-likeness (QED) is 0.710. The molecule has 0 bridgehead atoms. The molecular weight excluding hydrogens is 208 g/mol. The summed E-state index contributed by atoms with van der Waals surface area (Å²) in [6.45, 7) is 1.78. The van der Waals surface area contributed by atoms with E-state index < -0.39 is 18.0 Å². The third-order valence-corrected chi connectivity index (χ3v) is 2.01. The van der Waals surface area contributed by atoms with Crippen LogP contribution in [-0.4, -0.2) is 23.1 Å². The molecule has 5 nitrogen and oxygen atoms in total. The lowest BCUT2D eigenvalue weighted by molar-refractivity contribution is -0.138. The van der Waals surface area contributed by atoms with Gasteiger partial charge in [-0.3, -0.25) is 4.79 Å². The fourth-order valence-corrected chi connectivity index (χ4v) is 1.09. The van der Waals surface area contributed by atoms with E-state index >= 15 is 0 Å². The molecule has 0 aliphatic carbocycles. The number of benzene rings is 1. The summed E-state index contributed by atoms with van der Waals surface area (Å²) in [7, 11) is 0. The number of rotatable bonds is 4. The van der Waals surface area contributed by atoms with E-state index in [0.717, 1.165) is 5.56 Å². The average molecular weight is 222 g/mol. The van der Waals surface area contributed by atoms with Gasteiger partial charge in [-0.2, -0.15) is 0 Å². The number of carbonyl (C=O) groups excluding carboxylic acids is 1. The number of hydrogen-bond acceptors (Lipinski definition) is 2. The highest BCUT2D eigenvalue weighted by molar-refractivity contribution is 5.82. The zero-order valence-electron chi connectivity index (χ0n) is 8.93. The van der Waals surface area contributed by atoms with Gasteiger partial charge in [0, 0.05) is 6.54 Å². The van der Waals surface area contributed by atoms with Crippen molar-refractivity contribution in [1.82, 2.24) is 10.6 Å². The number of carbonyl (C=O) groups is 2. The van der Waals surface area contributed by atoms with Crippen LogP contribution >= 0.6 is 0 Å². The zero-order valence-corrected chi connectivity index (χ0v) is 8.93. The van der Waals surface area contributed by atoms with E-state index in [9.17, 15) is 9.59 Å². The molecule has 2 amide bonds. The second kappa shape index (κ2) is 5.75. The highest BCUT2D eigenvalue weighted by Crippen LogP contribution is 1.96. The molecule has 0 unspecified atom stereocenters. The van der Waals surface area contributed by atoms with Crippen molar-refractivity contribution in [3.05, 3.63) is 35.9 Å². The smallest absolute Gasteiger partial charge is 0.325 e. The van der Waals surface area contributed by atoms with Gasteiger partial charge in [0.15, 0.2) is 0 Å². The summed E-state index contributed by atoms with van der Waals surface area (Å²) in [5.41, 5.74) is 0.959. The fraction of sp³-hybridized carbons (Fsp3) is 0.273. The van der Waals surface area contributed by atoms with E-state index in [0.29, 0.717) is 6.54 Å². The molecule has 1 aromatic carbocycles. The molecule has 0 aliphatic rings. The number of nitrogens with one attached hydrogen (secondary N) is 2. The van der Waals surface area contributed by atoms with Gasteiger partial charge in [-0.05, 0) is 12.5 Å². The van der Waals surface area contributed by atoms with Gasteiger partial charge in [0.1, 0.15) is 6.04 Å². The Bertz CT molecular complexity index is 365. The molecule has 0 saturated heterocycles. The van der Waals surface area contributed by atoms with Crippen molar-refractivity contribution in [1.29, 1.82) is 0 Å². The zero-order chi connectivity index (χ0) is 12.0. The van der Waals surface area contributed by atoms with E-state index in [4.69, 9.17) is 5.11 Å². The largest absolute Gasteiger partial charge is 0.480 e. The lowest BCUT2D eigenvalue weighted by atomic mass is 10.2. The second-order valence-corrected chi connectivity index (χ2v) is 3.37. The van der Waals surface area contributed by atoms with Gasteiger partial charge in [-0.25, -0.2) is 4.79 Å². The minimum atomic E-state index is -1.06. The Balaban J connectivity index is 2.33. The first-order chi connectivity index (χ1) is 7.59. The van der Waals surface area contributed by atoms with Crippen LogP contribution in [0.1, 0.15) is 12.5 Å². The normalized spacial score (nSPS) is 11.6. The van der Waals surface area contributed by atoms with Gasteiger partial charge in [0.25, 0.3) is 0 Å². The summed E-state index contributed by atoms with van der Waals surface area (Å²) >= 11 is 0. The maximum absolute atomic E-state index is 11.2. The molecule has 0 radical (unpaired) electrons. The van der Waals surface area contributed by atoms with Crippen LogP contribution in [0.4, 0.5) is 4.79 Å². The van der Waals surface area contributed by atoms with E-state index in [1.807, 2.05) is 30.3 Å². The highest BCUT2D eigenvalue weighted by atomic mass is 16.4. The number of carboxylic acids is 1. The van der Waals surface area contributed by atoms with Crippen LogP contribution in [0.25, 0.3) is 0 Å². The monoisotopic (exact) mass is 222 g/mol. The Labute approximate surface area is 93.5 Å². The van der Waals surface area contributed by atoms with Gasteiger partial charge in [0.05, 0.1) is 0 Å². The molecule has 3 N–H and O–H groups in total. The van der Waals surface area contributed by atoms with Crippen LogP contribution in [-0.2, 0) is 11.3 Å². The average Bonchev–Trinajstić information content (AvgIpc) is 2.27. The van der Waals surface area contributed by atoms with E-state index in [1.54, 1.807) is 0 Å². The first-order valence-electron chi connectivity index (χ1n) is 4.90. The molecule has 0 fully saturated rings. The third kappa shape index (κ3) is 4.00. The van der Waals surface area contributed by atoms with Crippen molar-refractivity contribution < 1.29 is 14.7 Å². The minimum absolute atomic E-state index is 0.374. The predicted molar refractivity (Wildman–Crippen MR) is 58.9 cm³/mol. The van der Waals surface area contributed by atoms with Gasteiger partial charge in [0.2, 0.25) is 0 Å². The molecule has 86 valence electrons. The molecule has 0 aromatic heterocycles. The van der Waals surface area contributed by atoms with Gasteiger partial charge in [-0.1, -0.05) is 30.3 Å². The Hall–Kier alpha value is -2.04. The lowest BCUT2D eigenvalue weighted by Gasteiger charge is -2.10. The van der Waals surface area contributed by atoms with Crippen LogP contribution in [0.3, 0.4) is 0 Å². The maximum Gasteiger partial charge on any atom is 0.325 e. The minimum Gasteiger partial charge on any atom is -0.480 e. The topological polar surface area (TPSA) is 78.4 Å². The molecule has 1 aromatic rings. The summed E-state index contributed by atoms with van der Waals surface area (Å²) in [6.07, 6.45) is 0. The van der Waals surface area contributed by atoms with Crippen LogP contribution < -0.4 is 10.6 Å². The molecular formula is C11H14N2O3. The van der Waals surface area contributed by atoms with Crippen molar-refractivity contribution >= 4 is 12.0 Å². The first-order valence-corrected chi connectivity index (χ1v) is 4.90. The predicted octanol–water partition coefficient (Wildman–Crippen LogP) is 0.959. The van der Waals surface area contributed by atoms with E-state index in [2.05, 4.69) is 10.6 Å². The van der Waals surface area contributed by atoms with Crippen molar-refractivity contribution in [2.24, 2.45) is 0 Å². The van der Waals surface area contributed by atoms with Crippen LogP contribution in [0.2, 0.25) is 0 Å². The SMILES string of the molecule is C[C@H](NC(=O)NCc1ccccc1)C(=O)O. The van der Waals surface area contributed by atoms with Gasteiger partial charge < -0.3 is 15.7 Å². The molecule has 0 aliphatic heterocycles. The number of carboxylic acid groups (broad SMARTS) is 1. The molecule has 0 spiro atoms. The molecule has 0 heterocycles. The summed E-state index contributed by atoms with van der Waals surface area (Å²) < 4.78 is 0. The lowest BCUT2D eigenvalue weighted by Crippen LogP contribution is -2.44. The first kappa shape index (κ1) is 12.0. The molecule has 1 rings (SSSR count). The number of aliphatic carboxylic acids is 1. The molecule has 5 heteroatoms. The van der Waals surface area contributed by atoms with Crippen molar-refractivity contribution in [3.8, 4) is 0 Å². The summed E-state index contributed by atoms with van der Waals surface area (Å²) in [4.78, 5) is 21.7. The number of urea groups is 1. The van der Waals surface area contributed by atoms with Gasteiger partial charge >= 0.3 is 12.0 Å². The Morgan fingerprint density at radius 3 is 2.50 bits per heavy atom. The molecule has 0 saturated carbocycles. The third-order valence-electron chi connectivity index (χ3n) is 2.01.